The molecule has 0 bridgehead atoms. The largest absolute Gasteiger partial charge is 0.223 e. The van der Waals surface area contributed by atoms with Gasteiger partial charge in [-0.15, -0.1) is 11.8 Å². The molecule has 0 atom stereocenters. The summed E-state index contributed by atoms with van der Waals surface area (Å²) >= 11 is 6.76. The maximum Gasteiger partial charge on any atom is 0.223 e. The first-order valence-electron chi connectivity index (χ1n) is 3.05. The number of nitrogens with zero attached hydrogens (tertiary/aromatic N) is 2. The van der Waals surface area contributed by atoms with Gasteiger partial charge in [-0.1, -0.05) is 6.92 Å². The van der Waals surface area contributed by atoms with Crippen molar-refractivity contribution in [3.63, 3.8) is 0 Å². The van der Waals surface area contributed by atoms with Gasteiger partial charge in [-0.2, -0.15) is 0 Å². The minimum absolute atomic E-state index is 0.0855. The zero-order valence-corrected chi connectivity index (χ0v) is 7.42. The van der Waals surface area contributed by atoms with E-state index in [2.05, 4.69) is 9.97 Å². The summed E-state index contributed by atoms with van der Waals surface area (Å²) in [6.45, 7) is 1.92. The van der Waals surface area contributed by atoms with Crippen molar-refractivity contribution in [1.82, 2.24) is 9.97 Å². The van der Waals surface area contributed by atoms with Gasteiger partial charge in [0.25, 0.3) is 0 Å². The van der Waals surface area contributed by atoms with Crippen LogP contribution in [-0.2, 0) is 0 Å². The topological polar surface area (TPSA) is 25.8 Å². The van der Waals surface area contributed by atoms with E-state index in [1.165, 1.54) is 11.8 Å². The predicted octanol–water partition coefficient (Wildman–Crippen LogP) is 2.38. The number of halogens is 2. The number of rotatable bonds is 2. The molecule has 0 aliphatic carbocycles. The first-order valence-corrected chi connectivity index (χ1v) is 4.41. The molecule has 1 aromatic rings. The summed E-state index contributed by atoms with van der Waals surface area (Å²) in [6, 6.07) is 0. The molecule has 1 rings (SSSR count). The van der Waals surface area contributed by atoms with E-state index in [0.29, 0.717) is 5.03 Å². The minimum Gasteiger partial charge on any atom is -0.223 e. The lowest BCUT2D eigenvalue weighted by molar-refractivity contribution is 0.579. The zero-order chi connectivity index (χ0) is 8.27. The highest BCUT2D eigenvalue weighted by atomic mass is 35.5. The molecular weight excluding hydrogens is 187 g/mol. The van der Waals surface area contributed by atoms with Crippen LogP contribution < -0.4 is 0 Å². The lowest BCUT2D eigenvalue weighted by Gasteiger charge is -1.97. The van der Waals surface area contributed by atoms with Gasteiger partial charge in [0.15, 0.2) is 5.82 Å². The van der Waals surface area contributed by atoms with Crippen molar-refractivity contribution in [1.29, 1.82) is 0 Å². The molecule has 1 aromatic heterocycles. The molecular formula is C6H6ClFN2S. The molecule has 0 aromatic carbocycles. The second-order valence-corrected chi connectivity index (χ2v) is 3.32. The van der Waals surface area contributed by atoms with Crippen LogP contribution in [0.5, 0.6) is 0 Å². The Balaban J connectivity index is 2.93. The summed E-state index contributed by atoms with van der Waals surface area (Å²) in [5, 5.41) is 0.398. The molecule has 2 nitrogen and oxygen atoms in total. The first-order chi connectivity index (χ1) is 5.24. The maximum atomic E-state index is 12.8. The van der Waals surface area contributed by atoms with Crippen molar-refractivity contribution in [3.05, 3.63) is 17.3 Å². The average Bonchev–Trinajstić information content (AvgIpc) is 1.98. The van der Waals surface area contributed by atoms with Crippen LogP contribution in [-0.4, -0.2) is 15.7 Å². The zero-order valence-electron chi connectivity index (χ0n) is 5.84. The standard InChI is InChI=1S/C6H6ClFN2S/c1-2-11-5-4(8)3-9-6(7)10-5/h3H,2H2,1H3. The smallest absolute Gasteiger partial charge is 0.223 e. The van der Waals surface area contributed by atoms with Gasteiger partial charge in [0.2, 0.25) is 5.28 Å². The maximum absolute atomic E-state index is 12.8. The quantitative estimate of drug-likeness (QED) is 0.409. The van der Waals surface area contributed by atoms with Gasteiger partial charge in [0.05, 0.1) is 6.20 Å². The van der Waals surface area contributed by atoms with Crippen LogP contribution in [0.4, 0.5) is 4.39 Å². The Morgan fingerprint density at radius 2 is 2.45 bits per heavy atom. The molecule has 0 fully saturated rings. The van der Waals surface area contributed by atoms with E-state index in [0.717, 1.165) is 11.9 Å². The third-order valence-corrected chi connectivity index (χ3v) is 1.99. The molecule has 1 heterocycles. The van der Waals surface area contributed by atoms with E-state index in [1.807, 2.05) is 6.92 Å². The fraction of sp³-hybridized carbons (Fsp3) is 0.333. The van der Waals surface area contributed by atoms with Crippen molar-refractivity contribution >= 4 is 23.4 Å². The number of aromatic nitrogens is 2. The Morgan fingerprint density at radius 3 is 3.09 bits per heavy atom. The molecule has 0 aliphatic rings. The monoisotopic (exact) mass is 192 g/mol. The minimum atomic E-state index is -0.416. The molecule has 5 heteroatoms. The molecule has 0 amide bonds. The van der Waals surface area contributed by atoms with Crippen LogP contribution in [0.25, 0.3) is 0 Å². The fourth-order valence-electron chi connectivity index (χ4n) is 0.569. The number of hydrogen-bond acceptors (Lipinski definition) is 3. The Morgan fingerprint density at radius 1 is 1.73 bits per heavy atom. The molecule has 60 valence electrons. The van der Waals surface area contributed by atoms with Gasteiger partial charge < -0.3 is 0 Å². The third kappa shape index (κ3) is 2.31. The van der Waals surface area contributed by atoms with E-state index < -0.39 is 5.82 Å². The highest BCUT2D eigenvalue weighted by Crippen LogP contribution is 2.18. The van der Waals surface area contributed by atoms with Crippen LogP contribution in [0, 0.1) is 5.82 Å². The van der Waals surface area contributed by atoms with Gasteiger partial charge in [-0.25, -0.2) is 14.4 Å². The first kappa shape index (κ1) is 8.74. The van der Waals surface area contributed by atoms with Crippen LogP contribution in [0.15, 0.2) is 11.2 Å². The highest BCUT2D eigenvalue weighted by molar-refractivity contribution is 7.99. The van der Waals surface area contributed by atoms with Gasteiger partial charge in [0.1, 0.15) is 5.03 Å². The Kier molecular flexibility index (Phi) is 3.08. The molecule has 0 N–H and O–H groups in total. The lowest BCUT2D eigenvalue weighted by atomic mass is 10.6. The predicted molar refractivity (Wildman–Crippen MR) is 43.4 cm³/mol. The van der Waals surface area contributed by atoms with Crippen LogP contribution in [0.2, 0.25) is 5.28 Å². The van der Waals surface area contributed by atoms with Crippen molar-refractivity contribution < 1.29 is 4.39 Å². The third-order valence-electron chi connectivity index (χ3n) is 0.964. The van der Waals surface area contributed by atoms with Crippen molar-refractivity contribution in [2.75, 3.05) is 5.75 Å². The Hall–Kier alpha value is -0.350. The molecule has 0 spiro atoms. The van der Waals surface area contributed by atoms with Crippen LogP contribution in [0.1, 0.15) is 6.92 Å². The fourth-order valence-corrected chi connectivity index (χ4v) is 1.37. The van der Waals surface area contributed by atoms with E-state index in [-0.39, 0.29) is 5.28 Å². The lowest BCUT2D eigenvalue weighted by Crippen LogP contribution is -1.90. The molecule has 0 radical (unpaired) electrons. The highest BCUT2D eigenvalue weighted by Gasteiger charge is 2.04. The van der Waals surface area contributed by atoms with Gasteiger partial charge in [-0.3, -0.25) is 0 Å². The van der Waals surface area contributed by atoms with Crippen molar-refractivity contribution in [2.45, 2.75) is 11.9 Å². The second kappa shape index (κ2) is 3.88. The van der Waals surface area contributed by atoms with E-state index in [4.69, 9.17) is 11.6 Å². The Labute approximate surface area is 73.2 Å². The summed E-state index contributed by atoms with van der Waals surface area (Å²) in [5.74, 6) is 0.353. The van der Waals surface area contributed by atoms with E-state index in [1.54, 1.807) is 0 Å². The van der Waals surface area contributed by atoms with Gasteiger partial charge in [-0.05, 0) is 17.4 Å². The van der Waals surface area contributed by atoms with Crippen LogP contribution >= 0.6 is 23.4 Å². The Bertz CT molecular complexity index is 256. The molecule has 11 heavy (non-hydrogen) atoms. The van der Waals surface area contributed by atoms with Gasteiger partial charge >= 0.3 is 0 Å². The number of hydrogen-bond donors (Lipinski definition) is 0. The summed E-state index contributed by atoms with van der Waals surface area (Å²) in [4.78, 5) is 7.19. The average molecular weight is 193 g/mol. The summed E-state index contributed by atoms with van der Waals surface area (Å²) in [6.07, 6.45) is 1.08. The SMILES string of the molecule is CCSc1nc(Cl)ncc1F. The normalized spacial score (nSPS) is 10.1. The number of thioether (sulfide) groups is 1. The molecule has 0 unspecified atom stereocenters. The van der Waals surface area contributed by atoms with E-state index >= 15 is 0 Å². The molecule has 0 saturated carbocycles. The van der Waals surface area contributed by atoms with Crippen molar-refractivity contribution in [3.8, 4) is 0 Å². The van der Waals surface area contributed by atoms with E-state index in [9.17, 15) is 4.39 Å². The molecule has 0 aliphatic heterocycles. The molecule has 0 saturated heterocycles. The second-order valence-electron chi connectivity index (χ2n) is 1.73. The summed E-state index contributed by atoms with van der Waals surface area (Å²) in [5.41, 5.74) is 0. The van der Waals surface area contributed by atoms with Gasteiger partial charge in [0, 0.05) is 0 Å². The van der Waals surface area contributed by atoms with Crippen molar-refractivity contribution in [2.24, 2.45) is 0 Å². The summed E-state index contributed by atoms with van der Waals surface area (Å²) in [7, 11) is 0. The van der Waals surface area contributed by atoms with Crippen LogP contribution in [0.3, 0.4) is 0 Å². The summed E-state index contributed by atoms with van der Waals surface area (Å²) < 4.78 is 12.8.